The molecule has 1 aliphatic heterocycles. The molecule has 4 unspecified atom stereocenters. The number of carbonyl (C=O) groups excluding carboxylic acids is 1. The summed E-state index contributed by atoms with van der Waals surface area (Å²) in [5.41, 5.74) is 3.91. The Balaban J connectivity index is 1.26. The Morgan fingerprint density at radius 3 is 2.08 bits per heavy atom. The lowest BCUT2D eigenvalue weighted by Crippen LogP contribution is -2.28. The highest BCUT2D eigenvalue weighted by atomic mass is 16.7. The van der Waals surface area contributed by atoms with Crippen LogP contribution in [-0.2, 0) is 19.9 Å². The summed E-state index contributed by atoms with van der Waals surface area (Å²) in [7, 11) is 0. The van der Waals surface area contributed by atoms with Crippen LogP contribution in [0.1, 0.15) is 106 Å². The van der Waals surface area contributed by atoms with Crippen molar-refractivity contribution in [3.63, 3.8) is 0 Å². The Hall–Kier alpha value is -4.29. The lowest BCUT2D eigenvalue weighted by Gasteiger charge is -2.27. The van der Waals surface area contributed by atoms with E-state index in [1.54, 1.807) is 12.1 Å². The molecular formula is C42H50O6. The van der Waals surface area contributed by atoms with Crippen molar-refractivity contribution in [2.45, 2.75) is 95.9 Å². The third-order valence-electron chi connectivity index (χ3n) is 9.47. The predicted molar refractivity (Wildman–Crippen MR) is 190 cm³/mol. The van der Waals surface area contributed by atoms with Gasteiger partial charge in [-0.1, -0.05) is 80.6 Å². The highest BCUT2D eigenvalue weighted by Crippen LogP contribution is 2.39. The van der Waals surface area contributed by atoms with Gasteiger partial charge in [0.2, 0.25) is 0 Å². The molecule has 0 saturated carbocycles. The maximum absolute atomic E-state index is 12.7. The average Bonchev–Trinajstić information content (AvgIpc) is 3.11. The SMILES string of the molecule is CCC(CC(CC(C)c1ccc(OC2CCCCO2)cc1)c1ccc(OCC(=O)OC(C)(C)c2ccccc2)cc1)c1ccc(O)cc1. The van der Waals surface area contributed by atoms with E-state index in [9.17, 15) is 9.90 Å². The molecule has 0 aromatic heterocycles. The number of hydrogen-bond donors (Lipinski definition) is 1. The van der Waals surface area contributed by atoms with Crippen molar-refractivity contribution < 1.29 is 28.8 Å². The highest BCUT2D eigenvalue weighted by molar-refractivity contribution is 5.71. The van der Waals surface area contributed by atoms with Crippen LogP contribution in [0.15, 0.2) is 103 Å². The summed E-state index contributed by atoms with van der Waals surface area (Å²) >= 11 is 0. The van der Waals surface area contributed by atoms with Gasteiger partial charge in [-0.3, -0.25) is 0 Å². The van der Waals surface area contributed by atoms with Crippen LogP contribution in [0.25, 0.3) is 0 Å². The Morgan fingerprint density at radius 2 is 1.44 bits per heavy atom. The van der Waals surface area contributed by atoms with Crippen molar-refractivity contribution in [1.29, 1.82) is 0 Å². The minimum atomic E-state index is -0.750. The zero-order chi connectivity index (χ0) is 33.9. The van der Waals surface area contributed by atoms with Gasteiger partial charge in [0.25, 0.3) is 0 Å². The summed E-state index contributed by atoms with van der Waals surface area (Å²) in [6.07, 6.45) is 5.93. The van der Waals surface area contributed by atoms with Gasteiger partial charge in [-0.2, -0.15) is 0 Å². The van der Waals surface area contributed by atoms with E-state index in [0.717, 1.165) is 56.4 Å². The van der Waals surface area contributed by atoms with Gasteiger partial charge in [-0.05, 0) is 122 Å². The van der Waals surface area contributed by atoms with Crippen molar-refractivity contribution in [2.24, 2.45) is 0 Å². The van der Waals surface area contributed by atoms with Crippen LogP contribution in [0.4, 0.5) is 0 Å². The number of aromatic hydroxyl groups is 1. The van der Waals surface area contributed by atoms with E-state index in [0.29, 0.717) is 17.6 Å². The third-order valence-corrected chi connectivity index (χ3v) is 9.47. The number of carbonyl (C=O) groups is 1. The number of ether oxygens (including phenoxy) is 4. The molecule has 1 fully saturated rings. The van der Waals surface area contributed by atoms with Gasteiger partial charge in [-0.15, -0.1) is 0 Å². The fourth-order valence-electron chi connectivity index (χ4n) is 6.58. The first-order valence-corrected chi connectivity index (χ1v) is 17.4. The Kier molecular flexibility index (Phi) is 12.2. The normalized spacial score (nSPS) is 16.8. The summed E-state index contributed by atoms with van der Waals surface area (Å²) in [6.45, 7) is 8.87. The van der Waals surface area contributed by atoms with E-state index in [4.69, 9.17) is 18.9 Å². The smallest absolute Gasteiger partial charge is 0.345 e. The van der Waals surface area contributed by atoms with E-state index in [2.05, 4.69) is 50.2 Å². The van der Waals surface area contributed by atoms with Crippen molar-refractivity contribution in [3.8, 4) is 17.2 Å². The van der Waals surface area contributed by atoms with E-state index in [1.807, 2.05) is 68.4 Å². The zero-order valence-corrected chi connectivity index (χ0v) is 28.8. The number of benzene rings is 4. The lowest BCUT2D eigenvalue weighted by molar-refractivity contribution is -0.159. The summed E-state index contributed by atoms with van der Waals surface area (Å²) in [5, 5.41) is 9.88. The maximum atomic E-state index is 12.7. The second-order valence-corrected chi connectivity index (χ2v) is 13.5. The molecule has 1 heterocycles. The first kappa shape index (κ1) is 35.0. The van der Waals surface area contributed by atoms with Crippen LogP contribution in [0.3, 0.4) is 0 Å². The molecule has 1 saturated heterocycles. The Labute approximate surface area is 286 Å². The standard InChI is InChI=1S/C42H50O6/c1-5-31(33-14-20-37(43)21-15-33)28-35(27-30(2)32-16-24-39(25-17-32)47-41-13-9-10-26-45-41)34-18-22-38(23-19-34)46-29-40(44)48-42(3,4)36-11-7-6-8-12-36/h6-8,11-12,14-25,30-31,35,41,43H,5,9-10,13,26-29H2,1-4H3. The average molecular weight is 651 g/mol. The minimum absolute atomic E-state index is 0.156. The molecule has 4 aromatic rings. The first-order valence-electron chi connectivity index (χ1n) is 17.4. The van der Waals surface area contributed by atoms with Crippen molar-refractivity contribution in [2.75, 3.05) is 13.2 Å². The highest BCUT2D eigenvalue weighted by Gasteiger charge is 2.26. The van der Waals surface area contributed by atoms with Crippen LogP contribution < -0.4 is 9.47 Å². The van der Waals surface area contributed by atoms with Gasteiger partial charge in [0.15, 0.2) is 12.9 Å². The second-order valence-electron chi connectivity index (χ2n) is 13.5. The van der Waals surface area contributed by atoms with Crippen LogP contribution in [-0.4, -0.2) is 30.6 Å². The molecular weight excluding hydrogens is 600 g/mol. The first-order chi connectivity index (χ1) is 23.2. The van der Waals surface area contributed by atoms with Crippen LogP contribution in [0, 0.1) is 0 Å². The maximum Gasteiger partial charge on any atom is 0.345 e. The molecule has 1 aliphatic rings. The van der Waals surface area contributed by atoms with Crippen LogP contribution in [0.5, 0.6) is 17.2 Å². The molecule has 48 heavy (non-hydrogen) atoms. The third kappa shape index (κ3) is 9.86. The number of phenolic OH excluding ortho intramolecular Hbond substituents is 1. The molecule has 0 bridgehead atoms. The number of rotatable bonds is 15. The Bertz CT molecular complexity index is 1540. The number of hydrogen-bond acceptors (Lipinski definition) is 6. The Morgan fingerprint density at radius 1 is 0.812 bits per heavy atom. The topological polar surface area (TPSA) is 74.2 Å². The van der Waals surface area contributed by atoms with Gasteiger partial charge in [0.05, 0.1) is 6.61 Å². The number of phenols is 1. The van der Waals surface area contributed by atoms with Gasteiger partial charge in [-0.25, -0.2) is 4.79 Å². The lowest BCUT2D eigenvalue weighted by atomic mass is 9.78. The van der Waals surface area contributed by atoms with Crippen molar-refractivity contribution in [3.05, 3.63) is 125 Å². The van der Waals surface area contributed by atoms with E-state index >= 15 is 0 Å². The quantitative estimate of drug-likeness (QED) is 0.129. The summed E-state index contributed by atoms with van der Waals surface area (Å²) < 4.78 is 23.4. The van der Waals surface area contributed by atoms with Gasteiger partial charge in [0, 0.05) is 6.42 Å². The zero-order valence-electron chi connectivity index (χ0n) is 28.8. The van der Waals surface area contributed by atoms with Crippen LogP contribution >= 0.6 is 0 Å². The molecule has 0 spiro atoms. The fraction of sp³-hybridized carbons (Fsp3) is 0.405. The molecule has 5 rings (SSSR count). The van der Waals surface area contributed by atoms with Gasteiger partial charge >= 0.3 is 5.97 Å². The van der Waals surface area contributed by atoms with Gasteiger partial charge < -0.3 is 24.1 Å². The monoisotopic (exact) mass is 650 g/mol. The summed E-state index contributed by atoms with van der Waals surface area (Å²) in [4.78, 5) is 12.7. The van der Waals surface area contributed by atoms with E-state index in [-0.39, 0.29) is 24.6 Å². The van der Waals surface area contributed by atoms with E-state index in [1.165, 1.54) is 16.7 Å². The predicted octanol–water partition coefficient (Wildman–Crippen LogP) is 10.0. The van der Waals surface area contributed by atoms with Gasteiger partial charge in [0.1, 0.15) is 22.8 Å². The van der Waals surface area contributed by atoms with E-state index < -0.39 is 11.6 Å². The van der Waals surface area contributed by atoms with Crippen molar-refractivity contribution >= 4 is 5.97 Å². The van der Waals surface area contributed by atoms with Crippen molar-refractivity contribution in [1.82, 2.24) is 0 Å². The summed E-state index contributed by atoms with van der Waals surface area (Å²) in [6, 6.07) is 33.9. The summed E-state index contributed by atoms with van der Waals surface area (Å²) in [5.74, 6) is 2.26. The second kappa shape index (κ2) is 16.7. The molecule has 4 aromatic carbocycles. The molecule has 4 atom stereocenters. The molecule has 6 nitrogen and oxygen atoms in total. The molecule has 254 valence electrons. The fourth-order valence-corrected chi connectivity index (χ4v) is 6.58. The van der Waals surface area contributed by atoms with Crippen LogP contribution in [0.2, 0.25) is 0 Å². The molecule has 6 heteroatoms. The molecule has 0 amide bonds. The largest absolute Gasteiger partial charge is 0.508 e. The molecule has 0 aliphatic carbocycles. The number of esters is 1. The minimum Gasteiger partial charge on any atom is -0.508 e. The molecule has 1 N–H and O–H groups in total. The molecule has 0 radical (unpaired) electrons.